The fourth-order valence-corrected chi connectivity index (χ4v) is 2.28. The summed E-state index contributed by atoms with van der Waals surface area (Å²) in [5, 5.41) is 26.5. The van der Waals surface area contributed by atoms with E-state index in [1.807, 2.05) is 0 Å². The standard InChI is InChI=1S/C11H14FN5O3/c1-16-3-15-10-7(9(16)13)14-4-17(10)11-6(12)8(19)5(2-18)20-11/h3-6,8,11,13,18-19H,2H2,1H3/t5-,6+,8?,11-/m1/s1. The lowest BCUT2D eigenvalue weighted by Crippen LogP contribution is -2.30. The molecular formula is C11H14FN5O3. The molecule has 0 bridgehead atoms. The molecule has 20 heavy (non-hydrogen) atoms. The van der Waals surface area contributed by atoms with Crippen LogP contribution in [0.15, 0.2) is 12.7 Å². The van der Waals surface area contributed by atoms with Crippen LogP contribution in [0.3, 0.4) is 0 Å². The fourth-order valence-electron chi connectivity index (χ4n) is 2.28. The average molecular weight is 283 g/mol. The molecule has 0 amide bonds. The summed E-state index contributed by atoms with van der Waals surface area (Å²) in [5.74, 6) is 0. The molecule has 1 unspecified atom stereocenters. The third-order valence-electron chi connectivity index (χ3n) is 3.45. The summed E-state index contributed by atoms with van der Waals surface area (Å²) >= 11 is 0. The number of imidazole rings is 1. The number of aliphatic hydroxyl groups excluding tert-OH is 2. The Morgan fingerprint density at radius 2 is 2.20 bits per heavy atom. The van der Waals surface area contributed by atoms with Crippen molar-refractivity contribution < 1.29 is 19.3 Å². The van der Waals surface area contributed by atoms with Gasteiger partial charge in [-0.05, 0) is 0 Å². The molecule has 9 heteroatoms. The van der Waals surface area contributed by atoms with Crippen molar-refractivity contribution in [3.63, 3.8) is 0 Å². The van der Waals surface area contributed by atoms with Crippen LogP contribution in [0.5, 0.6) is 0 Å². The van der Waals surface area contributed by atoms with Gasteiger partial charge in [0.05, 0.1) is 19.3 Å². The molecular weight excluding hydrogens is 269 g/mol. The number of nitrogens with zero attached hydrogens (tertiary/aromatic N) is 4. The van der Waals surface area contributed by atoms with Crippen molar-refractivity contribution in [1.82, 2.24) is 19.1 Å². The van der Waals surface area contributed by atoms with Gasteiger partial charge in [0, 0.05) is 7.05 Å². The predicted molar refractivity (Wildman–Crippen MR) is 64.3 cm³/mol. The summed E-state index contributed by atoms with van der Waals surface area (Å²) in [7, 11) is 1.66. The van der Waals surface area contributed by atoms with Gasteiger partial charge < -0.3 is 19.5 Å². The second kappa shape index (κ2) is 4.62. The van der Waals surface area contributed by atoms with Crippen LogP contribution < -0.4 is 5.49 Å². The number of halogens is 1. The SMILES string of the molecule is Cn1cnc2c(ncn2[C@@H]2O[C@H](CO)C(O)[C@@H]2F)c1=N. The van der Waals surface area contributed by atoms with Crippen molar-refractivity contribution in [3.05, 3.63) is 18.1 Å². The number of fused-ring (bicyclic) bond motifs is 1. The van der Waals surface area contributed by atoms with E-state index >= 15 is 0 Å². The minimum Gasteiger partial charge on any atom is -0.394 e. The maximum absolute atomic E-state index is 14.1. The summed E-state index contributed by atoms with van der Waals surface area (Å²) in [6.45, 7) is -0.475. The number of aliphatic hydroxyl groups is 2. The van der Waals surface area contributed by atoms with Crippen LogP contribution in [-0.4, -0.2) is 54.3 Å². The maximum atomic E-state index is 14.1. The molecule has 8 nitrogen and oxygen atoms in total. The van der Waals surface area contributed by atoms with E-state index in [-0.39, 0.29) is 5.49 Å². The number of nitrogens with one attached hydrogen (secondary N) is 1. The van der Waals surface area contributed by atoms with Gasteiger partial charge in [-0.15, -0.1) is 0 Å². The molecule has 3 heterocycles. The molecule has 0 saturated carbocycles. The van der Waals surface area contributed by atoms with E-state index in [1.165, 1.54) is 21.8 Å². The Bertz CT molecular complexity index is 699. The summed E-state index contributed by atoms with van der Waals surface area (Å²) in [6.07, 6.45) is -2.47. The molecule has 0 spiro atoms. The smallest absolute Gasteiger partial charge is 0.173 e. The van der Waals surface area contributed by atoms with E-state index < -0.39 is 31.2 Å². The normalized spacial score (nSPS) is 30.2. The van der Waals surface area contributed by atoms with Crippen molar-refractivity contribution in [2.75, 3.05) is 6.61 Å². The summed E-state index contributed by atoms with van der Waals surface area (Å²) in [5.41, 5.74) is 0.751. The van der Waals surface area contributed by atoms with Gasteiger partial charge in [0.15, 0.2) is 23.5 Å². The molecule has 2 aromatic heterocycles. The largest absolute Gasteiger partial charge is 0.394 e. The van der Waals surface area contributed by atoms with Gasteiger partial charge in [-0.2, -0.15) is 0 Å². The van der Waals surface area contributed by atoms with Gasteiger partial charge in [0.1, 0.15) is 17.7 Å². The van der Waals surface area contributed by atoms with Crippen LogP contribution in [-0.2, 0) is 11.8 Å². The van der Waals surface area contributed by atoms with Gasteiger partial charge in [0.2, 0.25) is 0 Å². The first-order valence-electron chi connectivity index (χ1n) is 6.05. The molecule has 4 atom stereocenters. The zero-order chi connectivity index (χ0) is 14.4. The second-order valence-electron chi connectivity index (χ2n) is 4.71. The van der Waals surface area contributed by atoms with E-state index in [9.17, 15) is 9.50 Å². The highest BCUT2D eigenvalue weighted by Crippen LogP contribution is 2.32. The Labute approximate surface area is 112 Å². The van der Waals surface area contributed by atoms with E-state index in [0.717, 1.165) is 0 Å². The molecule has 108 valence electrons. The number of ether oxygens (including phenoxy) is 1. The van der Waals surface area contributed by atoms with Crippen LogP contribution >= 0.6 is 0 Å². The van der Waals surface area contributed by atoms with E-state index in [2.05, 4.69) is 9.97 Å². The Hall–Kier alpha value is -1.84. The number of rotatable bonds is 2. The number of aryl methyl sites for hydroxylation is 1. The highest BCUT2D eigenvalue weighted by Gasteiger charge is 2.45. The van der Waals surface area contributed by atoms with Gasteiger partial charge in [-0.3, -0.25) is 9.98 Å². The molecule has 1 saturated heterocycles. The first kappa shape index (κ1) is 13.2. The zero-order valence-corrected chi connectivity index (χ0v) is 10.6. The predicted octanol–water partition coefficient (Wildman–Crippen LogP) is -1.16. The molecule has 1 fully saturated rings. The van der Waals surface area contributed by atoms with Crippen LogP contribution in [0.25, 0.3) is 11.2 Å². The molecule has 3 N–H and O–H groups in total. The fraction of sp³-hybridized carbons (Fsp3) is 0.545. The Morgan fingerprint density at radius 3 is 2.85 bits per heavy atom. The Morgan fingerprint density at radius 1 is 1.45 bits per heavy atom. The van der Waals surface area contributed by atoms with Crippen LogP contribution in [0.2, 0.25) is 0 Å². The van der Waals surface area contributed by atoms with Gasteiger partial charge >= 0.3 is 0 Å². The van der Waals surface area contributed by atoms with Crippen molar-refractivity contribution in [3.8, 4) is 0 Å². The molecule has 0 aromatic carbocycles. The van der Waals surface area contributed by atoms with Gasteiger partial charge in [-0.1, -0.05) is 0 Å². The van der Waals surface area contributed by atoms with E-state index in [0.29, 0.717) is 11.2 Å². The van der Waals surface area contributed by atoms with Crippen molar-refractivity contribution >= 4 is 11.2 Å². The Balaban J connectivity index is 2.08. The monoisotopic (exact) mass is 283 g/mol. The van der Waals surface area contributed by atoms with Gasteiger partial charge in [-0.25, -0.2) is 14.4 Å². The minimum absolute atomic E-state index is 0.140. The first-order valence-corrected chi connectivity index (χ1v) is 6.05. The van der Waals surface area contributed by atoms with Crippen LogP contribution in [0, 0.1) is 5.41 Å². The van der Waals surface area contributed by atoms with Crippen LogP contribution in [0.4, 0.5) is 4.39 Å². The van der Waals surface area contributed by atoms with E-state index in [4.69, 9.17) is 15.3 Å². The third kappa shape index (κ3) is 1.74. The molecule has 3 rings (SSSR count). The van der Waals surface area contributed by atoms with Gasteiger partial charge in [0.25, 0.3) is 0 Å². The average Bonchev–Trinajstić information content (AvgIpc) is 2.98. The van der Waals surface area contributed by atoms with Crippen LogP contribution in [0.1, 0.15) is 6.23 Å². The summed E-state index contributed by atoms with van der Waals surface area (Å²) in [4.78, 5) is 8.14. The molecule has 0 aliphatic carbocycles. The molecule has 0 radical (unpaired) electrons. The summed E-state index contributed by atoms with van der Waals surface area (Å²) in [6, 6.07) is 0. The quantitative estimate of drug-likeness (QED) is 0.644. The third-order valence-corrected chi connectivity index (χ3v) is 3.45. The lowest BCUT2D eigenvalue weighted by Gasteiger charge is -2.15. The number of aromatic nitrogens is 4. The van der Waals surface area contributed by atoms with Crippen molar-refractivity contribution in [2.24, 2.45) is 7.05 Å². The molecule has 2 aromatic rings. The molecule has 1 aliphatic rings. The number of alkyl halides is 1. The van der Waals surface area contributed by atoms with E-state index in [1.54, 1.807) is 7.05 Å². The van der Waals surface area contributed by atoms with Crippen molar-refractivity contribution in [1.29, 1.82) is 5.41 Å². The second-order valence-corrected chi connectivity index (χ2v) is 4.71. The Kier molecular flexibility index (Phi) is 3.04. The number of hydrogen-bond acceptors (Lipinski definition) is 6. The lowest BCUT2D eigenvalue weighted by atomic mass is 10.1. The lowest BCUT2D eigenvalue weighted by molar-refractivity contribution is -0.0459. The van der Waals surface area contributed by atoms with Crippen molar-refractivity contribution in [2.45, 2.75) is 24.6 Å². The topological polar surface area (TPSA) is 109 Å². The zero-order valence-electron chi connectivity index (χ0n) is 10.6. The highest BCUT2D eigenvalue weighted by atomic mass is 19.1. The number of hydrogen-bond donors (Lipinski definition) is 3. The molecule has 1 aliphatic heterocycles. The first-order chi connectivity index (χ1) is 9.54. The highest BCUT2D eigenvalue weighted by molar-refractivity contribution is 5.68. The maximum Gasteiger partial charge on any atom is 0.173 e. The summed E-state index contributed by atoms with van der Waals surface area (Å²) < 4.78 is 22.2. The minimum atomic E-state index is -1.70.